The van der Waals surface area contributed by atoms with Gasteiger partial charge in [-0.05, 0) is 23.8 Å². The lowest BCUT2D eigenvalue weighted by molar-refractivity contribution is 0.414. The number of hydrogen-bond donors (Lipinski definition) is 1. The SMILES string of the molecule is O[CH]c1cc(F)cc(Br)c1. The summed E-state index contributed by atoms with van der Waals surface area (Å²) in [5, 5.41) is 8.47. The van der Waals surface area contributed by atoms with E-state index in [0.29, 0.717) is 10.0 Å². The van der Waals surface area contributed by atoms with Crippen molar-refractivity contribution in [3.63, 3.8) is 0 Å². The van der Waals surface area contributed by atoms with Crippen LogP contribution in [0.15, 0.2) is 22.7 Å². The van der Waals surface area contributed by atoms with E-state index in [0.717, 1.165) is 6.61 Å². The summed E-state index contributed by atoms with van der Waals surface area (Å²) in [5.74, 6) is -0.366. The maximum Gasteiger partial charge on any atom is 0.124 e. The Kier molecular flexibility index (Phi) is 2.40. The molecule has 1 aromatic rings. The van der Waals surface area contributed by atoms with Crippen molar-refractivity contribution in [2.75, 3.05) is 0 Å². The standard InChI is InChI=1S/C7H5BrFO/c8-6-1-5(4-10)2-7(9)3-6/h1-4,10H. The minimum absolute atomic E-state index is 0.366. The molecule has 0 aliphatic carbocycles. The number of aliphatic hydroxyl groups excluding tert-OH is 1. The summed E-state index contributed by atoms with van der Waals surface area (Å²) in [5.41, 5.74) is 0.451. The lowest BCUT2D eigenvalue weighted by Crippen LogP contribution is -1.82. The monoisotopic (exact) mass is 203 g/mol. The van der Waals surface area contributed by atoms with Crippen LogP contribution in [0.5, 0.6) is 0 Å². The van der Waals surface area contributed by atoms with E-state index >= 15 is 0 Å². The average Bonchev–Trinajstić information content (AvgIpc) is 1.85. The number of rotatable bonds is 1. The van der Waals surface area contributed by atoms with Crippen molar-refractivity contribution in [2.24, 2.45) is 0 Å². The summed E-state index contributed by atoms with van der Waals surface area (Å²) < 4.78 is 13.1. The Hall–Kier alpha value is -0.410. The first kappa shape index (κ1) is 7.69. The van der Waals surface area contributed by atoms with Crippen molar-refractivity contribution in [3.8, 4) is 0 Å². The van der Waals surface area contributed by atoms with Crippen molar-refractivity contribution < 1.29 is 9.50 Å². The molecule has 1 nitrogen and oxygen atoms in total. The molecule has 0 amide bonds. The summed E-state index contributed by atoms with van der Waals surface area (Å²) in [6, 6.07) is 4.18. The quantitative estimate of drug-likeness (QED) is 0.744. The second-order valence-corrected chi connectivity index (χ2v) is 2.75. The van der Waals surface area contributed by atoms with E-state index in [2.05, 4.69) is 15.9 Å². The smallest absolute Gasteiger partial charge is 0.124 e. The zero-order valence-electron chi connectivity index (χ0n) is 5.01. The third-order valence-corrected chi connectivity index (χ3v) is 1.49. The highest BCUT2D eigenvalue weighted by Crippen LogP contribution is 2.14. The third-order valence-electron chi connectivity index (χ3n) is 1.03. The molecule has 53 valence electrons. The van der Waals surface area contributed by atoms with E-state index in [1.807, 2.05) is 0 Å². The third kappa shape index (κ3) is 1.78. The van der Waals surface area contributed by atoms with Gasteiger partial charge in [-0.2, -0.15) is 0 Å². The van der Waals surface area contributed by atoms with Crippen LogP contribution in [-0.2, 0) is 0 Å². The molecule has 1 aromatic carbocycles. The molecule has 0 fully saturated rings. The summed E-state index contributed by atoms with van der Waals surface area (Å²) in [6.45, 7) is 0.855. The van der Waals surface area contributed by atoms with Gasteiger partial charge in [0.2, 0.25) is 0 Å². The highest BCUT2D eigenvalue weighted by molar-refractivity contribution is 9.10. The normalized spacial score (nSPS) is 9.90. The number of halogens is 2. The molecule has 0 saturated heterocycles. The van der Waals surface area contributed by atoms with Crippen LogP contribution in [-0.4, -0.2) is 5.11 Å². The Morgan fingerprint density at radius 2 is 2.10 bits per heavy atom. The zero-order valence-corrected chi connectivity index (χ0v) is 6.60. The fraction of sp³-hybridized carbons (Fsp3) is 0. The van der Waals surface area contributed by atoms with Crippen LogP contribution in [0.25, 0.3) is 0 Å². The van der Waals surface area contributed by atoms with E-state index in [1.165, 1.54) is 12.1 Å². The van der Waals surface area contributed by atoms with Crippen molar-refractivity contribution in [1.82, 2.24) is 0 Å². The van der Waals surface area contributed by atoms with E-state index in [-0.39, 0.29) is 5.82 Å². The van der Waals surface area contributed by atoms with Crippen molar-refractivity contribution in [2.45, 2.75) is 0 Å². The molecule has 0 aliphatic heterocycles. The van der Waals surface area contributed by atoms with E-state index in [4.69, 9.17) is 5.11 Å². The van der Waals surface area contributed by atoms with Crippen molar-refractivity contribution in [3.05, 3.63) is 40.7 Å². The lowest BCUT2D eigenvalue weighted by Gasteiger charge is -1.95. The largest absolute Gasteiger partial charge is 0.385 e. The fourth-order valence-corrected chi connectivity index (χ4v) is 1.13. The van der Waals surface area contributed by atoms with Crippen LogP contribution >= 0.6 is 15.9 Å². The molecule has 0 spiro atoms. The topological polar surface area (TPSA) is 20.2 Å². The molecule has 0 saturated carbocycles. The molecule has 3 heteroatoms. The molecule has 1 radical (unpaired) electrons. The minimum Gasteiger partial charge on any atom is -0.385 e. The van der Waals surface area contributed by atoms with Gasteiger partial charge in [0, 0.05) is 4.47 Å². The van der Waals surface area contributed by atoms with Crippen molar-refractivity contribution >= 4 is 15.9 Å². The first-order chi connectivity index (χ1) is 4.72. The van der Waals surface area contributed by atoms with Crippen LogP contribution in [0.4, 0.5) is 4.39 Å². The number of hydrogen-bond acceptors (Lipinski definition) is 1. The first-order valence-corrected chi connectivity index (χ1v) is 3.45. The fourth-order valence-electron chi connectivity index (χ4n) is 0.650. The lowest BCUT2D eigenvalue weighted by atomic mass is 10.2. The average molecular weight is 204 g/mol. The minimum atomic E-state index is -0.366. The molecule has 0 aliphatic rings. The van der Waals surface area contributed by atoms with Gasteiger partial charge in [0.1, 0.15) is 12.4 Å². The molecule has 0 bridgehead atoms. The van der Waals surface area contributed by atoms with Crippen LogP contribution in [0.2, 0.25) is 0 Å². The summed E-state index contributed by atoms with van der Waals surface area (Å²) in [4.78, 5) is 0. The van der Waals surface area contributed by atoms with E-state index in [1.54, 1.807) is 6.07 Å². The molecular formula is C7H5BrFO. The molecule has 1 N–H and O–H groups in total. The second kappa shape index (κ2) is 3.12. The van der Waals surface area contributed by atoms with Crippen LogP contribution in [0.3, 0.4) is 0 Å². The Balaban J connectivity index is 3.06. The summed E-state index contributed by atoms with van der Waals surface area (Å²) >= 11 is 3.08. The molecule has 1 rings (SSSR count). The molecule has 10 heavy (non-hydrogen) atoms. The van der Waals surface area contributed by atoms with Gasteiger partial charge in [-0.25, -0.2) is 4.39 Å². The summed E-state index contributed by atoms with van der Waals surface area (Å²) in [7, 11) is 0. The Labute approximate surface area is 66.6 Å². The van der Waals surface area contributed by atoms with Gasteiger partial charge in [-0.3, -0.25) is 0 Å². The molecule has 0 atom stereocenters. The highest BCUT2D eigenvalue weighted by Gasteiger charge is 1.96. The Morgan fingerprint density at radius 1 is 1.40 bits per heavy atom. The van der Waals surface area contributed by atoms with E-state index < -0.39 is 0 Å². The van der Waals surface area contributed by atoms with Gasteiger partial charge >= 0.3 is 0 Å². The first-order valence-electron chi connectivity index (χ1n) is 2.66. The Bertz CT molecular complexity index is 217. The van der Waals surface area contributed by atoms with Crippen LogP contribution in [0.1, 0.15) is 5.56 Å². The van der Waals surface area contributed by atoms with Gasteiger partial charge in [-0.1, -0.05) is 15.9 Å². The maximum absolute atomic E-state index is 12.5. The number of aliphatic hydroxyl groups is 1. The summed E-state index contributed by atoms with van der Waals surface area (Å²) in [6.07, 6.45) is 0. The van der Waals surface area contributed by atoms with Gasteiger partial charge in [-0.15, -0.1) is 0 Å². The van der Waals surface area contributed by atoms with Crippen LogP contribution in [0, 0.1) is 12.4 Å². The van der Waals surface area contributed by atoms with E-state index in [9.17, 15) is 4.39 Å². The Morgan fingerprint density at radius 3 is 2.60 bits per heavy atom. The highest BCUT2D eigenvalue weighted by atomic mass is 79.9. The van der Waals surface area contributed by atoms with Gasteiger partial charge in [0.15, 0.2) is 0 Å². The predicted octanol–water partition coefficient (Wildman–Crippen LogP) is 2.47. The predicted molar refractivity (Wildman–Crippen MR) is 39.4 cm³/mol. The molecular weight excluding hydrogens is 199 g/mol. The molecule has 0 heterocycles. The molecule has 0 unspecified atom stereocenters. The second-order valence-electron chi connectivity index (χ2n) is 1.83. The van der Waals surface area contributed by atoms with Gasteiger partial charge in [0.25, 0.3) is 0 Å². The van der Waals surface area contributed by atoms with Gasteiger partial charge in [0.05, 0.1) is 0 Å². The van der Waals surface area contributed by atoms with Gasteiger partial charge < -0.3 is 5.11 Å². The molecule has 0 aromatic heterocycles. The number of benzene rings is 1. The maximum atomic E-state index is 12.5. The van der Waals surface area contributed by atoms with Crippen molar-refractivity contribution in [1.29, 1.82) is 0 Å². The van der Waals surface area contributed by atoms with Crippen LogP contribution < -0.4 is 0 Å². The zero-order chi connectivity index (χ0) is 7.56.